The minimum Gasteiger partial charge on any atom is -0.355 e. The molecule has 0 aliphatic rings. The number of amides is 2. The molecular weight excluding hydrogens is 488 g/mol. The van der Waals surface area contributed by atoms with Crippen LogP contribution in [0.4, 0.5) is 8.78 Å². The Bertz CT molecular complexity index is 1250. The molecule has 0 unspecified atom stereocenters. The summed E-state index contributed by atoms with van der Waals surface area (Å²) >= 11 is 0. The molecule has 7 nitrogen and oxygen atoms in total. The first kappa shape index (κ1) is 29.0. The molecule has 0 fully saturated rings. The van der Waals surface area contributed by atoms with Gasteiger partial charge in [0.1, 0.15) is 17.5 Å². The summed E-state index contributed by atoms with van der Waals surface area (Å²) in [6.07, 6.45) is 2.22. The molecule has 3 rings (SSSR count). The SMILES string of the molecule is CC(=O)N(CCCNC(=O)[C@H](C)N)[C@@H](c1nc(-c2cc(F)ccc2F)cn1Cc1ccccc1)C(C)(C)C. The predicted octanol–water partition coefficient (Wildman–Crippen LogP) is 4.67. The molecule has 9 heteroatoms. The number of imidazole rings is 1. The molecule has 0 bridgehead atoms. The van der Waals surface area contributed by atoms with E-state index in [0.717, 1.165) is 23.8 Å². The number of nitrogens with one attached hydrogen (secondary N) is 1. The van der Waals surface area contributed by atoms with Crippen molar-refractivity contribution < 1.29 is 18.4 Å². The van der Waals surface area contributed by atoms with Gasteiger partial charge in [0.25, 0.3) is 0 Å². The van der Waals surface area contributed by atoms with Crippen molar-refractivity contribution in [2.24, 2.45) is 11.1 Å². The van der Waals surface area contributed by atoms with Crippen molar-refractivity contribution in [1.29, 1.82) is 0 Å². The average molecular weight is 526 g/mol. The van der Waals surface area contributed by atoms with Crippen molar-refractivity contribution in [1.82, 2.24) is 19.8 Å². The number of carbonyl (C=O) groups excluding carboxylic acids is 2. The molecule has 2 aromatic carbocycles. The van der Waals surface area contributed by atoms with E-state index in [0.29, 0.717) is 31.9 Å². The van der Waals surface area contributed by atoms with Gasteiger partial charge in [-0.15, -0.1) is 0 Å². The van der Waals surface area contributed by atoms with Crippen LogP contribution in [0.2, 0.25) is 0 Å². The first-order chi connectivity index (χ1) is 17.9. The summed E-state index contributed by atoms with van der Waals surface area (Å²) in [4.78, 5) is 31.3. The van der Waals surface area contributed by atoms with Crippen LogP contribution in [0.3, 0.4) is 0 Å². The van der Waals surface area contributed by atoms with Crippen LogP contribution >= 0.6 is 0 Å². The second kappa shape index (κ2) is 12.3. The maximum absolute atomic E-state index is 14.7. The Morgan fingerprint density at radius 2 is 1.82 bits per heavy atom. The molecule has 0 spiro atoms. The van der Waals surface area contributed by atoms with Crippen molar-refractivity contribution in [3.05, 3.63) is 77.8 Å². The summed E-state index contributed by atoms with van der Waals surface area (Å²) in [5.74, 6) is -0.993. The van der Waals surface area contributed by atoms with Crippen LogP contribution in [0.1, 0.15) is 58.5 Å². The van der Waals surface area contributed by atoms with Gasteiger partial charge in [-0.25, -0.2) is 13.8 Å². The van der Waals surface area contributed by atoms with Gasteiger partial charge in [0, 0.05) is 38.3 Å². The van der Waals surface area contributed by atoms with Crippen molar-refractivity contribution in [3.8, 4) is 11.3 Å². The Hall–Kier alpha value is -3.59. The summed E-state index contributed by atoms with van der Waals surface area (Å²) in [7, 11) is 0. The molecule has 3 N–H and O–H groups in total. The first-order valence-electron chi connectivity index (χ1n) is 12.8. The highest BCUT2D eigenvalue weighted by atomic mass is 19.1. The quantitative estimate of drug-likeness (QED) is 0.377. The molecular formula is C29H37F2N5O2. The van der Waals surface area contributed by atoms with E-state index in [4.69, 9.17) is 10.7 Å². The smallest absolute Gasteiger partial charge is 0.236 e. The number of rotatable bonds is 10. The zero-order chi connectivity index (χ0) is 28.0. The summed E-state index contributed by atoms with van der Waals surface area (Å²) < 4.78 is 30.7. The van der Waals surface area contributed by atoms with Crippen LogP contribution in [0.5, 0.6) is 0 Å². The molecule has 0 saturated carbocycles. The third kappa shape index (κ3) is 7.25. The Balaban J connectivity index is 2.05. The first-order valence-corrected chi connectivity index (χ1v) is 12.8. The zero-order valence-electron chi connectivity index (χ0n) is 22.7. The number of nitrogens with zero attached hydrogens (tertiary/aromatic N) is 3. The molecule has 204 valence electrons. The van der Waals surface area contributed by atoms with Crippen LogP contribution in [0.15, 0.2) is 54.7 Å². The highest BCUT2D eigenvalue weighted by Gasteiger charge is 2.37. The van der Waals surface area contributed by atoms with Crippen molar-refractivity contribution in [2.45, 2.75) is 59.7 Å². The average Bonchev–Trinajstić information content (AvgIpc) is 3.24. The molecule has 2 amide bonds. The number of hydrogen-bond donors (Lipinski definition) is 2. The fraction of sp³-hybridized carbons (Fsp3) is 0.414. The number of carbonyl (C=O) groups is 2. The minimum absolute atomic E-state index is 0.0544. The standard InChI is InChI=1S/C29H37F2N5O2/c1-19(32)28(38)33-14-9-15-36(20(2)37)26(29(3,4)5)27-34-25(23-16-22(30)12-13-24(23)31)18-35(27)17-21-10-7-6-8-11-21/h6-8,10-13,16,18-19,26H,9,14-15,17,32H2,1-5H3,(H,33,38)/t19-,26-/m0/s1. The third-order valence-corrected chi connectivity index (χ3v) is 6.28. The fourth-order valence-electron chi connectivity index (χ4n) is 4.46. The number of nitrogens with two attached hydrogens (primary N) is 1. The van der Waals surface area contributed by atoms with Crippen molar-refractivity contribution in [2.75, 3.05) is 13.1 Å². The summed E-state index contributed by atoms with van der Waals surface area (Å²) in [5.41, 5.74) is 6.50. The molecule has 0 radical (unpaired) electrons. The topological polar surface area (TPSA) is 93.2 Å². The van der Waals surface area contributed by atoms with E-state index < -0.39 is 29.1 Å². The van der Waals surface area contributed by atoms with Crippen LogP contribution < -0.4 is 11.1 Å². The van der Waals surface area contributed by atoms with Crippen LogP contribution in [-0.4, -0.2) is 45.4 Å². The fourth-order valence-corrected chi connectivity index (χ4v) is 4.46. The lowest BCUT2D eigenvalue weighted by Crippen LogP contribution is -2.43. The lowest BCUT2D eigenvalue weighted by molar-refractivity contribution is -0.134. The van der Waals surface area contributed by atoms with Gasteiger partial charge in [-0.2, -0.15) is 0 Å². The summed E-state index contributed by atoms with van der Waals surface area (Å²) in [6, 6.07) is 11.9. The molecule has 2 atom stereocenters. The second-order valence-corrected chi connectivity index (χ2v) is 10.6. The molecule has 0 aliphatic carbocycles. The van der Waals surface area contributed by atoms with E-state index in [-0.39, 0.29) is 23.1 Å². The highest BCUT2D eigenvalue weighted by molar-refractivity contribution is 5.80. The number of aromatic nitrogens is 2. The van der Waals surface area contributed by atoms with Gasteiger partial charge in [0.2, 0.25) is 11.8 Å². The number of benzene rings is 2. The van der Waals surface area contributed by atoms with Crippen LogP contribution in [0, 0.1) is 17.0 Å². The Morgan fingerprint density at radius 1 is 1.13 bits per heavy atom. The van der Waals surface area contributed by atoms with E-state index in [1.165, 1.54) is 6.92 Å². The van der Waals surface area contributed by atoms with Gasteiger partial charge in [-0.05, 0) is 42.5 Å². The van der Waals surface area contributed by atoms with E-state index in [1.54, 1.807) is 18.0 Å². The number of halogens is 2. The van der Waals surface area contributed by atoms with Gasteiger partial charge in [0.15, 0.2) is 0 Å². The maximum Gasteiger partial charge on any atom is 0.236 e. The van der Waals surface area contributed by atoms with Gasteiger partial charge in [-0.3, -0.25) is 9.59 Å². The molecule has 0 saturated heterocycles. The van der Waals surface area contributed by atoms with E-state index in [1.807, 2.05) is 55.7 Å². The van der Waals surface area contributed by atoms with Crippen LogP contribution in [-0.2, 0) is 16.1 Å². The zero-order valence-corrected chi connectivity index (χ0v) is 22.7. The molecule has 0 aliphatic heterocycles. The predicted molar refractivity (Wildman–Crippen MR) is 144 cm³/mol. The summed E-state index contributed by atoms with van der Waals surface area (Å²) in [5, 5.41) is 2.78. The van der Waals surface area contributed by atoms with Crippen LogP contribution in [0.25, 0.3) is 11.3 Å². The highest BCUT2D eigenvalue weighted by Crippen LogP contribution is 2.39. The van der Waals surface area contributed by atoms with Gasteiger partial charge in [0.05, 0.1) is 17.8 Å². The minimum atomic E-state index is -0.617. The van der Waals surface area contributed by atoms with Crippen molar-refractivity contribution >= 4 is 11.8 Å². The van der Waals surface area contributed by atoms with E-state index >= 15 is 0 Å². The van der Waals surface area contributed by atoms with Gasteiger partial charge in [-0.1, -0.05) is 51.1 Å². The van der Waals surface area contributed by atoms with E-state index in [2.05, 4.69) is 5.32 Å². The molecule has 1 heterocycles. The second-order valence-electron chi connectivity index (χ2n) is 10.6. The largest absolute Gasteiger partial charge is 0.355 e. The Labute approximate surface area is 223 Å². The molecule has 1 aromatic heterocycles. The Morgan fingerprint density at radius 3 is 2.42 bits per heavy atom. The van der Waals surface area contributed by atoms with E-state index in [9.17, 15) is 18.4 Å². The third-order valence-electron chi connectivity index (χ3n) is 6.28. The number of hydrogen-bond acceptors (Lipinski definition) is 4. The normalized spacial score (nSPS) is 13.2. The molecule has 38 heavy (non-hydrogen) atoms. The van der Waals surface area contributed by atoms with Gasteiger partial charge < -0.3 is 20.5 Å². The maximum atomic E-state index is 14.7. The van der Waals surface area contributed by atoms with Crippen molar-refractivity contribution in [3.63, 3.8) is 0 Å². The van der Waals surface area contributed by atoms with Gasteiger partial charge >= 0.3 is 0 Å². The monoisotopic (exact) mass is 525 g/mol. The Kier molecular flexibility index (Phi) is 9.38. The molecule has 3 aromatic rings. The lowest BCUT2D eigenvalue weighted by Gasteiger charge is -2.39. The summed E-state index contributed by atoms with van der Waals surface area (Å²) in [6.45, 7) is 10.3. The lowest BCUT2D eigenvalue weighted by atomic mass is 9.84.